The van der Waals surface area contributed by atoms with E-state index in [1.165, 1.54) is 19.1 Å². The van der Waals surface area contributed by atoms with E-state index in [4.69, 9.17) is 22.3 Å². The van der Waals surface area contributed by atoms with Crippen LogP contribution in [0.25, 0.3) is 0 Å². The largest absolute Gasteiger partial charge is 0.370 e. The zero-order valence-corrected chi connectivity index (χ0v) is 17.1. The van der Waals surface area contributed by atoms with E-state index in [0.717, 1.165) is 61.4 Å². The van der Waals surface area contributed by atoms with Crippen molar-refractivity contribution in [2.24, 2.45) is 11.3 Å². The Balaban J connectivity index is 1.34. The molecule has 29 heavy (non-hydrogen) atoms. The van der Waals surface area contributed by atoms with Crippen LogP contribution in [0, 0.1) is 28.1 Å². The zero-order chi connectivity index (χ0) is 20.0. The van der Waals surface area contributed by atoms with Crippen LogP contribution < -0.4 is 10.2 Å². The van der Waals surface area contributed by atoms with Gasteiger partial charge in [-0.05, 0) is 56.1 Å². The van der Waals surface area contributed by atoms with Gasteiger partial charge >= 0.3 is 0 Å². The molecule has 0 amide bonds. The summed E-state index contributed by atoms with van der Waals surface area (Å²) in [6.07, 6.45) is 11.9. The smallest absolute Gasteiger partial charge is 0.0770 e. The molecule has 1 aromatic heterocycles. The van der Waals surface area contributed by atoms with Crippen molar-refractivity contribution in [3.05, 3.63) is 35.1 Å². The Morgan fingerprint density at radius 3 is 2.69 bits per heavy atom. The molecule has 2 heterocycles. The molecule has 2 aromatic rings. The van der Waals surface area contributed by atoms with Gasteiger partial charge in [0.15, 0.2) is 0 Å². The first-order chi connectivity index (χ1) is 14.1. The number of aromatic nitrogens is 2. The summed E-state index contributed by atoms with van der Waals surface area (Å²) in [5.74, 6) is 0.254. The number of piperidine rings is 1. The van der Waals surface area contributed by atoms with E-state index in [-0.39, 0.29) is 5.92 Å². The molecule has 0 radical (unpaired) electrons. The summed E-state index contributed by atoms with van der Waals surface area (Å²) < 4.78 is 2.01. The summed E-state index contributed by atoms with van der Waals surface area (Å²) in [6.45, 7) is 1.92. The second-order valence-corrected chi connectivity index (χ2v) is 9.23. The molecule has 1 aromatic carbocycles. The predicted octanol–water partition coefficient (Wildman–Crippen LogP) is 5.13. The van der Waals surface area contributed by atoms with Gasteiger partial charge < -0.3 is 15.6 Å². The fourth-order valence-corrected chi connectivity index (χ4v) is 5.14. The number of benzene rings is 1. The molecular formula is C22H25ClN6. The Hall–Kier alpha value is -2.52. The van der Waals surface area contributed by atoms with Crippen molar-refractivity contribution in [2.45, 2.75) is 44.6 Å². The summed E-state index contributed by atoms with van der Waals surface area (Å²) in [6, 6.07) is 6.89. The molecule has 3 aliphatic rings. The first kappa shape index (κ1) is 18.5. The minimum atomic E-state index is 0.254. The molecule has 0 unspecified atom stereocenters. The molecule has 1 aliphatic heterocycles. The number of nitrogens with one attached hydrogen (secondary N) is 2. The lowest BCUT2D eigenvalue weighted by atomic mass is 9.58. The molecule has 150 valence electrons. The Labute approximate surface area is 176 Å². The lowest BCUT2D eigenvalue weighted by Gasteiger charge is -2.50. The molecule has 7 heteroatoms. The SMILES string of the molecule is N#CC1CC2(CCN(c3cc(Nc4cnn(C5CC5)c4)c(C=N)cc3Cl)CC2)C1. The topological polar surface area (TPSA) is 80.7 Å². The third-order valence-corrected chi connectivity index (χ3v) is 7.08. The fraction of sp³-hybridized carbons (Fsp3) is 0.500. The lowest BCUT2D eigenvalue weighted by molar-refractivity contribution is 0.0566. The summed E-state index contributed by atoms with van der Waals surface area (Å²) in [7, 11) is 0. The highest BCUT2D eigenvalue weighted by Crippen LogP contribution is 2.53. The Kier molecular flexibility index (Phi) is 4.51. The molecule has 1 saturated heterocycles. The second kappa shape index (κ2) is 7.07. The monoisotopic (exact) mass is 408 g/mol. The second-order valence-electron chi connectivity index (χ2n) is 8.82. The summed E-state index contributed by atoms with van der Waals surface area (Å²) in [5, 5.41) is 25.4. The van der Waals surface area contributed by atoms with E-state index in [1.807, 2.05) is 23.1 Å². The van der Waals surface area contributed by atoms with Crippen LogP contribution in [0.4, 0.5) is 17.1 Å². The van der Waals surface area contributed by atoms with Crippen molar-refractivity contribution in [2.75, 3.05) is 23.3 Å². The van der Waals surface area contributed by atoms with Gasteiger partial charge in [0, 0.05) is 42.7 Å². The van der Waals surface area contributed by atoms with Gasteiger partial charge in [0.05, 0.1) is 34.7 Å². The molecule has 3 fully saturated rings. The number of rotatable bonds is 5. The molecule has 2 saturated carbocycles. The van der Waals surface area contributed by atoms with Gasteiger partial charge in [-0.15, -0.1) is 0 Å². The molecule has 2 N–H and O–H groups in total. The Morgan fingerprint density at radius 2 is 2.03 bits per heavy atom. The zero-order valence-electron chi connectivity index (χ0n) is 16.4. The molecule has 1 spiro atoms. The van der Waals surface area contributed by atoms with Crippen LogP contribution >= 0.6 is 11.6 Å². The average Bonchev–Trinajstić information content (AvgIpc) is 3.46. The van der Waals surface area contributed by atoms with Crippen LogP contribution in [0.15, 0.2) is 24.5 Å². The minimum absolute atomic E-state index is 0.254. The average molecular weight is 409 g/mol. The highest BCUT2D eigenvalue weighted by atomic mass is 35.5. The highest BCUT2D eigenvalue weighted by Gasteiger charge is 2.46. The van der Waals surface area contributed by atoms with E-state index in [0.29, 0.717) is 16.5 Å². The van der Waals surface area contributed by atoms with Crippen molar-refractivity contribution >= 4 is 34.9 Å². The standard InChI is InChI=1S/C22H25ClN6/c23-19-7-16(12-25)20(27-17-13-26-29(14-17)18-1-2-18)8-21(19)28-5-3-22(4-6-28)9-15(10-22)11-24/h7-8,12-15,18,25,27H,1-6,9-10H2. The third kappa shape index (κ3) is 3.49. The van der Waals surface area contributed by atoms with E-state index < -0.39 is 0 Å². The van der Waals surface area contributed by atoms with Crippen LogP contribution in [-0.2, 0) is 0 Å². The van der Waals surface area contributed by atoms with Crippen molar-refractivity contribution in [1.29, 1.82) is 10.7 Å². The predicted molar refractivity (Wildman–Crippen MR) is 115 cm³/mol. The molecule has 5 rings (SSSR count). The Morgan fingerprint density at radius 1 is 1.28 bits per heavy atom. The van der Waals surface area contributed by atoms with E-state index in [2.05, 4.69) is 27.5 Å². The van der Waals surface area contributed by atoms with Crippen LogP contribution in [0.2, 0.25) is 5.02 Å². The number of halogens is 1. The number of nitrogens with zero attached hydrogens (tertiary/aromatic N) is 4. The molecular weight excluding hydrogens is 384 g/mol. The number of hydrogen-bond donors (Lipinski definition) is 2. The summed E-state index contributed by atoms with van der Waals surface area (Å²) >= 11 is 6.60. The Bertz CT molecular complexity index is 970. The number of hydrogen-bond acceptors (Lipinski definition) is 5. The van der Waals surface area contributed by atoms with Gasteiger partial charge in [-0.1, -0.05) is 11.6 Å². The van der Waals surface area contributed by atoms with Crippen molar-refractivity contribution < 1.29 is 0 Å². The van der Waals surface area contributed by atoms with Gasteiger partial charge in [-0.25, -0.2) is 0 Å². The molecule has 6 nitrogen and oxygen atoms in total. The van der Waals surface area contributed by atoms with Crippen LogP contribution in [-0.4, -0.2) is 29.1 Å². The van der Waals surface area contributed by atoms with Gasteiger partial charge in [-0.3, -0.25) is 4.68 Å². The van der Waals surface area contributed by atoms with Gasteiger partial charge in [0.1, 0.15) is 0 Å². The van der Waals surface area contributed by atoms with Crippen LogP contribution in [0.5, 0.6) is 0 Å². The maximum absolute atomic E-state index is 9.09. The lowest BCUT2D eigenvalue weighted by Crippen LogP contribution is -2.47. The number of anilines is 3. The minimum Gasteiger partial charge on any atom is -0.370 e. The fourth-order valence-electron chi connectivity index (χ4n) is 4.85. The number of nitriles is 1. The maximum Gasteiger partial charge on any atom is 0.0770 e. The van der Waals surface area contributed by atoms with Crippen molar-refractivity contribution in [3.63, 3.8) is 0 Å². The maximum atomic E-state index is 9.09. The normalized spacial score (nSPS) is 20.9. The van der Waals surface area contributed by atoms with E-state index in [9.17, 15) is 0 Å². The molecule has 2 aliphatic carbocycles. The van der Waals surface area contributed by atoms with Crippen molar-refractivity contribution in [1.82, 2.24) is 9.78 Å². The quantitative estimate of drug-likeness (QED) is 0.671. The van der Waals surface area contributed by atoms with Gasteiger partial charge in [0.25, 0.3) is 0 Å². The highest BCUT2D eigenvalue weighted by molar-refractivity contribution is 6.33. The first-order valence-electron chi connectivity index (χ1n) is 10.4. The van der Waals surface area contributed by atoms with Crippen LogP contribution in [0.1, 0.15) is 50.1 Å². The van der Waals surface area contributed by atoms with Crippen LogP contribution in [0.3, 0.4) is 0 Å². The third-order valence-electron chi connectivity index (χ3n) is 6.78. The molecule has 0 bridgehead atoms. The summed E-state index contributed by atoms with van der Waals surface area (Å²) in [4.78, 5) is 2.35. The molecule has 0 atom stereocenters. The van der Waals surface area contributed by atoms with E-state index in [1.54, 1.807) is 0 Å². The van der Waals surface area contributed by atoms with Gasteiger partial charge in [0.2, 0.25) is 0 Å². The summed E-state index contributed by atoms with van der Waals surface area (Å²) in [5.41, 5.74) is 3.96. The van der Waals surface area contributed by atoms with Gasteiger partial charge in [-0.2, -0.15) is 10.4 Å². The first-order valence-corrected chi connectivity index (χ1v) is 10.8. The van der Waals surface area contributed by atoms with Crippen molar-refractivity contribution in [3.8, 4) is 6.07 Å². The van der Waals surface area contributed by atoms with E-state index >= 15 is 0 Å².